The molecule has 2 amide bonds. The summed E-state index contributed by atoms with van der Waals surface area (Å²) in [6.45, 7) is 2.17. The fourth-order valence-corrected chi connectivity index (χ4v) is 5.43. The molecule has 0 saturated carbocycles. The lowest BCUT2D eigenvalue weighted by atomic mass is 10.0. The van der Waals surface area contributed by atoms with Crippen LogP contribution < -0.4 is 10.7 Å². The Morgan fingerprint density at radius 1 is 1.02 bits per heavy atom. The maximum absolute atomic E-state index is 13.9. The van der Waals surface area contributed by atoms with Crippen molar-refractivity contribution in [1.82, 2.24) is 15.3 Å². The minimum absolute atomic E-state index is 0.0375. The van der Waals surface area contributed by atoms with E-state index in [-0.39, 0.29) is 34.5 Å². The van der Waals surface area contributed by atoms with Crippen LogP contribution in [-0.2, 0) is 11.0 Å². The van der Waals surface area contributed by atoms with E-state index in [4.69, 9.17) is 0 Å². The minimum Gasteiger partial charge on any atom is -0.380 e. The first-order chi connectivity index (χ1) is 20.6. The molecule has 0 aliphatic rings. The van der Waals surface area contributed by atoms with Crippen LogP contribution in [0.1, 0.15) is 74.2 Å². The molecule has 1 aromatic heterocycles. The quantitative estimate of drug-likeness (QED) is 0.0744. The number of hydrogen-bond acceptors (Lipinski definition) is 6. The van der Waals surface area contributed by atoms with E-state index in [1.54, 1.807) is 20.3 Å². The van der Waals surface area contributed by atoms with Gasteiger partial charge in [0.15, 0.2) is 0 Å². The van der Waals surface area contributed by atoms with Crippen molar-refractivity contribution < 1.29 is 22.8 Å². The van der Waals surface area contributed by atoms with Crippen molar-refractivity contribution in [2.24, 2.45) is 5.10 Å². The zero-order chi connectivity index (χ0) is 31.2. The number of anilines is 1. The number of carbonyl (C=O) groups excluding carboxylic acids is 2. The van der Waals surface area contributed by atoms with Crippen molar-refractivity contribution in [3.8, 4) is 0 Å². The Bertz CT molecular complexity index is 1370. The van der Waals surface area contributed by atoms with Crippen molar-refractivity contribution in [1.29, 1.82) is 0 Å². The number of para-hydroxylation sites is 1. The predicted octanol–water partition coefficient (Wildman–Crippen LogP) is 7.77. The molecule has 0 aliphatic heterocycles. The van der Waals surface area contributed by atoms with Gasteiger partial charge >= 0.3 is 6.18 Å². The number of alkyl halides is 3. The molecule has 1 heterocycles. The SMILES string of the molecule is CCCCCCCC/C=N/NC(=O)c1cnc2c(C(F)(F)F)cccc2c1N[C@@H](CSc1ccccc1)CC(=O)N(C)C. The number of thioether (sulfide) groups is 1. The summed E-state index contributed by atoms with van der Waals surface area (Å²) in [5, 5.41) is 7.44. The van der Waals surface area contributed by atoms with E-state index in [0.717, 1.165) is 36.4 Å². The molecular weight excluding hydrogens is 575 g/mol. The summed E-state index contributed by atoms with van der Waals surface area (Å²) in [7, 11) is 3.28. The summed E-state index contributed by atoms with van der Waals surface area (Å²) >= 11 is 1.50. The van der Waals surface area contributed by atoms with Crippen LogP contribution in [0, 0.1) is 0 Å². The third kappa shape index (κ3) is 10.6. The molecule has 1 atom stereocenters. The maximum Gasteiger partial charge on any atom is 0.418 e. The molecule has 3 rings (SSSR count). The van der Waals surface area contributed by atoms with Gasteiger partial charge in [-0.1, -0.05) is 69.4 Å². The van der Waals surface area contributed by atoms with Gasteiger partial charge in [0.2, 0.25) is 5.91 Å². The van der Waals surface area contributed by atoms with Crippen LogP contribution in [0.4, 0.5) is 18.9 Å². The van der Waals surface area contributed by atoms with E-state index in [1.165, 1.54) is 48.1 Å². The zero-order valence-electron chi connectivity index (χ0n) is 24.9. The van der Waals surface area contributed by atoms with Crippen molar-refractivity contribution in [3.63, 3.8) is 0 Å². The van der Waals surface area contributed by atoms with E-state index in [9.17, 15) is 22.8 Å². The van der Waals surface area contributed by atoms with Gasteiger partial charge in [-0.25, -0.2) is 5.43 Å². The monoisotopic (exact) mass is 615 g/mol. The molecule has 0 fully saturated rings. The van der Waals surface area contributed by atoms with Crippen molar-refractivity contribution in [2.75, 3.05) is 25.2 Å². The topological polar surface area (TPSA) is 86.7 Å². The molecule has 0 radical (unpaired) electrons. The smallest absolute Gasteiger partial charge is 0.380 e. The standard InChI is InChI=1S/C32H40F3N5O2S/c1-4-5-6-7-8-9-13-19-37-39-31(42)26-21-36-30-25(17-14-18-27(30)32(33,34)35)29(26)38-23(20-28(41)40(2)3)22-43-24-15-11-10-12-16-24/h10-12,14-19,21,23H,4-9,13,20,22H2,1-3H3,(H,36,38)(H,39,42)/b37-19+/t23-/m1/s1. The second-order valence-corrected chi connectivity index (χ2v) is 11.6. The zero-order valence-corrected chi connectivity index (χ0v) is 25.7. The normalized spacial score (nSPS) is 12.4. The maximum atomic E-state index is 13.9. The number of rotatable bonds is 16. The van der Waals surface area contributed by atoms with Crippen molar-refractivity contribution >= 4 is 46.4 Å². The number of benzene rings is 2. The van der Waals surface area contributed by atoms with Crippen LogP contribution in [0.25, 0.3) is 10.9 Å². The summed E-state index contributed by atoms with van der Waals surface area (Å²) in [4.78, 5) is 32.5. The Labute approximate surface area is 255 Å². The number of hydrogen-bond donors (Lipinski definition) is 2. The first-order valence-corrected chi connectivity index (χ1v) is 15.6. The highest BCUT2D eigenvalue weighted by atomic mass is 32.2. The van der Waals surface area contributed by atoms with Crippen molar-refractivity contribution in [3.05, 3.63) is 65.9 Å². The van der Waals surface area contributed by atoms with Crippen molar-refractivity contribution in [2.45, 2.75) is 75.4 Å². The average molecular weight is 616 g/mol. The molecule has 0 unspecified atom stereocenters. The summed E-state index contributed by atoms with van der Waals surface area (Å²) in [6.07, 6.45) is 5.70. The molecule has 11 heteroatoms. The Balaban J connectivity index is 1.90. The largest absolute Gasteiger partial charge is 0.418 e. The van der Waals surface area contributed by atoms with Gasteiger partial charge in [-0.15, -0.1) is 11.8 Å². The second-order valence-electron chi connectivity index (χ2n) is 10.5. The number of unbranched alkanes of at least 4 members (excludes halogenated alkanes) is 6. The first-order valence-electron chi connectivity index (χ1n) is 14.6. The van der Waals surface area contributed by atoms with Crippen LogP contribution in [0.2, 0.25) is 0 Å². The third-order valence-corrected chi connectivity index (χ3v) is 8.03. The molecule has 2 N–H and O–H groups in total. The Morgan fingerprint density at radius 3 is 2.44 bits per heavy atom. The lowest BCUT2D eigenvalue weighted by Gasteiger charge is -2.24. The van der Waals surface area contributed by atoms with E-state index < -0.39 is 23.7 Å². The summed E-state index contributed by atoms with van der Waals surface area (Å²) < 4.78 is 41.6. The molecule has 2 aromatic carbocycles. The van der Waals surface area contributed by atoms with Crippen LogP contribution in [0.15, 0.2) is 64.7 Å². The number of aromatic nitrogens is 1. The first kappa shape index (κ1) is 33.9. The molecule has 0 saturated heterocycles. The van der Waals surface area contributed by atoms with Crippen LogP contribution >= 0.6 is 11.8 Å². The molecule has 0 bridgehead atoms. The van der Waals surface area contributed by atoms with Crippen LogP contribution in [0.3, 0.4) is 0 Å². The Kier molecular flexibility index (Phi) is 13.3. The minimum atomic E-state index is -4.64. The van der Waals surface area contributed by atoms with E-state index in [0.29, 0.717) is 12.2 Å². The van der Waals surface area contributed by atoms with Gasteiger partial charge in [0, 0.05) is 55.0 Å². The lowest BCUT2D eigenvalue weighted by molar-refractivity contribution is -0.136. The Hall–Kier alpha value is -3.60. The molecule has 232 valence electrons. The van der Waals surface area contributed by atoms with Gasteiger partial charge in [-0.3, -0.25) is 14.6 Å². The van der Waals surface area contributed by atoms with Crippen LogP contribution in [-0.4, -0.2) is 53.8 Å². The van der Waals surface area contributed by atoms with E-state index >= 15 is 0 Å². The molecule has 43 heavy (non-hydrogen) atoms. The van der Waals surface area contributed by atoms with Gasteiger partial charge in [-0.05, 0) is 31.0 Å². The molecular formula is C32H40F3N5O2S. The molecule has 7 nitrogen and oxygen atoms in total. The van der Waals surface area contributed by atoms with Gasteiger partial charge < -0.3 is 10.2 Å². The van der Waals surface area contributed by atoms with E-state index in [2.05, 4.69) is 27.8 Å². The molecule has 3 aromatic rings. The highest BCUT2D eigenvalue weighted by molar-refractivity contribution is 7.99. The number of fused-ring (bicyclic) bond motifs is 1. The molecule has 0 spiro atoms. The number of nitrogens with one attached hydrogen (secondary N) is 2. The highest BCUT2D eigenvalue weighted by Crippen LogP contribution is 2.37. The number of hydrazone groups is 1. The van der Waals surface area contributed by atoms with E-state index in [1.807, 2.05) is 30.3 Å². The number of pyridine rings is 1. The number of halogens is 3. The summed E-state index contributed by atoms with van der Waals surface area (Å²) in [5.74, 6) is -0.350. The summed E-state index contributed by atoms with van der Waals surface area (Å²) in [5.41, 5.74) is 1.52. The fourth-order valence-electron chi connectivity index (χ4n) is 4.49. The predicted molar refractivity (Wildman–Crippen MR) is 169 cm³/mol. The highest BCUT2D eigenvalue weighted by Gasteiger charge is 2.34. The number of nitrogens with zero attached hydrogens (tertiary/aromatic N) is 3. The lowest BCUT2D eigenvalue weighted by Crippen LogP contribution is -2.33. The number of amides is 2. The fraction of sp³-hybridized carbons (Fsp3) is 0.438. The van der Waals surface area contributed by atoms with Gasteiger partial charge in [0.25, 0.3) is 5.91 Å². The van der Waals surface area contributed by atoms with Gasteiger partial charge in [0.05, 0.1) is 22.3 Å². The van der Waals surface area contributed by atoms with Gasteiger partial charge in [-0.2, -0.15) is 18.3 Å². The Morgan fingerprint density at radius 2 is 1.74 bits per heavy atom. The third-order valence-electron chi connectivity index (χ3n) is 6.85. The second kappa shape index (κ2) is 16.9. The van der Waals surface area contributed by atoms with Gasteiger partial charge in [0.1, 0.15) is 0 Å². The number of carbonyl (C=O) groups is 2. The van der Waals surface area contributed by atoms with Crippen LogP contribution in [0.5, 0.6) is 0 Å². The molecule has 0 aliphatic carbocycles. The average Bonchev–Trinajstić information content (AvgIpc) is 2.98. The summed E-state index contributed by atoms with van der Waals surface area (Å²) in [6, 6.07) is 12.8.